The minimum atomic E-state index is -0.291. The van der Waals surface area contributed by atoms with Crippen molar-refractivity contribution in [1.82, 2.24) is 0 Å². The van der Waals surface area contributed by atoms with Gasteiger partial charge in [-0.15, -0.1) is 0 Å². The first-order valence-electron chi connectivity index (χ1n) is 8.91. The fourth-order valence-electron chi connectivity index (χ4n) is 3.66. The van der Waals surface area contributed by atoms with Crippen LogP contribution < -0.4 is 4.74 Å². The van der Waals surface area contributed by atoms with E-state index in [-0.39, 0.29) is 5.97 Å². The lowest BCUT2D eigenvalue weighted by Crippen LogP contribution is -2.11. The first-order chi connectivity index (χ1) is 11.5. The molecule has 0 atom stereocenters. The van der Waals surface area contributed by atoms with Crippen LogP contribution in [0.5, 0.6) is 5.75 Å². The second-order valence-corrected chi connectivity index (χ2v) is 7.29. The normalized spacial score (nSPS) is 20.6. The molecule has 0 saturated heterocycles. The molecule has 2 aromatic carbocycles. The minimum absolute atomic E-state index is 0.291. The van der Waals surface area contributed by atoms with Crippen LogP contribution in [0.3, 0.4) is 0 Å². The molecule has 1 fully saturated rings. The van der Waals surface area contributed by atoms with Crippen molar-refractivity contribution < 1.29 is 9.53 Å². The number of rotatable bonds is 3. The Morgan fingerprint density at radius 3 is 2.08 bits per heavy atom. The topological polar surface area (TPSA) is 26.3 Å². The maximum atomic E-state index is 12.3. The highest BCUT2D eigenvalue weighted by Gasteiger charge is 2.19. The maximum absolute atomic E-state index is 12.3. The third kappa shape index (κ3) is 4.05. The van der Waals surface area contributed by atoms with Crippen molar-refractivity contribution in [2.24, 2.45) is 5.92 Å². The highest BCUT2D eigenvalue weighted by molar-refractivity contribution is 5.91. The molecule has 0 radical (unpaired) electrons. The van der Waals surface area contributed by atoms with E-state index in [4.69, 9.17) is 4.74 Å². The monoisotopic (exact) mass is 322 g/mol. The molecule has 0 bridgehead atoms. The molecule has 126 valence electrons. The van der Waals surface area contributed by atoms with Crippen molar-refractivity contribution in [2.45, 2.75) is 52.4 Å². The summed E-state index contributed by atoms with van der Waals surface area (Å²) >= 11 is 0. The van der Waals surface area contributed by atoms with Gasteiger partial charge in [0, 0.05) is 0 Å². The highest BCUT2D eigenvalue weighted by Crippen LogP contribution is 2.35. The van der Waals surface area contributed by atoms with E-state index < -0.39 is 0 Å². The Morgan fingerprint density at radius 1 is 0.917 bits per heavy atom. The van der Waals surface area contributed by atoms with Gasteiger partial charge in [-0.1, -0.05) is 49.1 Å². The summed E-state index contributed by atoms with van der Waals surface area (Å²) < 4.78 is 5.53. The average Bonchev–Trinajstić information content (AvgIpc) is 2.55. The lowest BCUT2D eigenvalue weighted by atomic mass is 9.79. The molecule has 0 heterocycles. The van der Waals surface area contributed by atoms with Crippen molar-refractivity contribution >= 4 is 5.97 Å². The summed E-state index contributed by atoms with van der Waals surface area (Å²) in [5, 5.41) is 0. The van der Waals surface area contributed by atoms with Crippen LogP contribution in [0.2, 0.25) is 0 Å². The van der Waals surface area contributed by atoms with Gasteiger partial charge in [-0.05, 0) is 68.4 Å². The Hall–Kier alpha value is -2.09. The zero-order valence-electron chi connectivity index (χ0n) is 14.8. The lowest BCUT2D eigenvalue weighted by Gasteiger charge is -2.26. The number of hydrogen-bond donors (Lipinski definition) is 0. The molecule has 0 N–H and O–H groups in total. The van der Waals surface area contributed by atoms with Crippen LogP contribution in [0.1, 0.15) is 65.6 Å². The standard InChI is InChI=1S/C22H26O2/c1-15-4-6-18(7-5-15)19-8-10-21(11-9-19)24-22(23)20-13-16(2)12-17(3)14-20/h8-15,18H,4-7H2,1-3H3. The third-order valence-electron chi connectivity index (χ3n) is 5.04. The Kier molecular flexibility index (Phi) is 5.03. The van der Waals surface area contributed by atoms with E-state index in [9.17, 15) is 4.79 Å². The quantitative estimate of drug-likeness (QED) is 0.526. The molecule has 0 aromatic heterocycles. The van der Waals surface area contributed by atoms with Crippen molar-refractivity contribution in [3.63, 3.8) is 0 Å². The van der Waals surface area contributed by atoms with Crippen LogP contribution in [0.25, 0.3) is 0 Å². The molecule has 0 amide bonds. The number of ether oxygens (including phenoxy) is 1. The van der Waals surface area contributed by atoms with E-state index in [1.807, 2.05) is 38.1 Å². The van der Waals surface area contributed by atoms with E-state index in [1.54, 1.807) is 0 Å². The summed E-state index contributed by atoms with van der Waals surface area (Å²) in [4.78, 5) is 12.3. The van der Waals surface area contributed by atoms with Crippen molar-refractivity contribution in [2.75, 3.05) is 0 Å². The number of carbonyl (C=O) groups is 1. The van der Waals surface area contributed by atoms with Crippen LogP contribution in [-0.4, -0.2) is 5.97 Å². The molecule has 0 spiro atoms. The Morgan fingerprint density at radius 2 is 1.50 bits per heavy atom. The van der Waals surface area contributed by atoms with Gasteiger partial charge in [-0.2, -0.15) is 0 Å². The van der Waals surface area contributed by atoms with Gasteiger partial charge in [0.05, 0.1) is 5.56 Å². The van der Waals surface area contributed by atoms with E-state index >= 15 is 0 Å². The first kappa shape index (κ1) is 16.8. The molecule has 1 aliphatic carbocycles. The van der Waals surface area contributed by atoms with Gasteiger partial charge in [0.1, 0.15) is 5.75 Å². The number of carbonyl (C=O) groups excluding carboxylic acids is 1. The fourth-order valence-corrected chi connectivity index (χ4v) is 3.66. The Bertz CT molecular complexity index is 687. The van der Waals surface area contributed by atoms with Crippen molar-refractivity contribution in [1.29, 1.82) is 0 Å². The van der Waals surface area contributed by atoms with Crippen LogP contribution in [-0.2, 0) is 0 Å². The Balaban J connectivity index is 1.66. The lowest BCUT2D eigenvalue weighted by molar-refractivity contribution is 0.0734. The minimum Gasteiger partial charge on any atom is -0.423 e. The number of aryl methyl sites for hydroxylation is 2. The van der Waals surface area contributed by atoms with Crippen LogP contribution >= 0.6 is 0 Å². The summed E-state index contributed by atoms with van der Waals surface area (Å²) in [6, 6.07) is 13.9. The first-order valence-corrected chi connectivity index (χ1v) is 8.91. The summed E-state index contributed by atoms with van der Waals surface area (Å²) in [6.45, 7) is 6.32. The van der Waals surface area contributed by atoms with E-state index in [2.05, 4.69) is 25.1 Å². The zero-order valence-corrected chi connectivity index (χ0v) is 14.8. The molecule has 0 unspecified atom stereocenters. The number of benzene rings is 2. The molecule has 3 rings (SSSR count). The zero-order chi connectivity index (χ0) is 17.1. The van der Waals surface area contributed by atoms with Gasteiger partial charge < -0.3 is 4.74 Å². The van der Waals surface area contributed by atoms with Crippen LogP contribution in [0, 0.1) is 19.8 Å². The van der Waals surface area contributed by atoms with Crippen molar-refractivity contribution in [3.8, 4) is 5.75 Å². The van der Waals surface area contributed by atoms with E-state index in [1.165, 1.54) is 31.2 Å². The highest BCUT2D eigenvalue weighted by atomic mass is 16.5. The van der Waals surface area contributed by atoms with Crippen LogP contribution in [0.4, 0.5) is 0 Å². The second kappa shape index (κ2) is 7.21. The van der Waals surface area contributed by atoms with Gasteiger partial charge in [0.25, 0.3) is 0 Å². The SMILES string of the molecule is Cc1cc(C)cc(C(=O)Oc2ccc(C3CCC(C)CC3)cc2)c1. The fraction of sp³-hybridized carbons (Fsp3) is 0.409. The van der Waals surface area contributed by atoms with Gasteiger partial charge in [-0.25, -0.2) is 4.79 Å². The molecular weight excluding hydrogens is 296 g/mol. The van der Waals surface area contributed by atoms with Gasteiger partial charge >= 0.3 is 5.97 Å². The molecule has 2 heteroatoms. The average molecular weight is 322 g/mol. The largest absolute Gasteiger partial charge is 0.423 e. The molecule has 0 aliphatic heterocycles. The second-order valence-electron chi connectivity index (χ2n) is 7.29. The smallest absolute Gasteiger partial charge is 0.343 e. The van der Waals surface area contributed by atoms with E-state index in [0.29, 0.717) is 17.2 Å². The molecular formula is C22H26O2. The van der Waals surface area contributed by atoms with E-state index in [0.717, 1.165) is 17.0 Å². The van der Waals surface area contributed by atoms with Gasteiger partial charge in [0.2, 0.25) is 0 Å². The van der Waals surface area contributed by atoms with Gasteiger partial charge in [0.15, 0.2) is 0 Å². The summed E-state index contributed by atoms with van der Waals surface area (Å²) in [5.41, 5.74) is 4.12. The van der Waals surface area contributed by atoms with Crippen LogP contribution in [0.15, 0.2) is 42.5 Å². The predicted molar refractivity (Wildman–Crippen MR) is 97.7 cm³/mol. The molecule has 2 nitrogen and oxygen atoms in total. The summed E-state index contributed by atoms with van der Waals surface area (Å²) in [5.74, 6) is 1.85. The maximum Gasteiger partial charge on any atom is 0.343 e. The number of esters is 1. The third-order valence-corrected chi connectivity index (χ3v) is 5.04. The molecule has 1 aliphatic rings. The van der Waals surface area contributed by atoms with Gasteiger partial charge in [-0.3, -0.25) is 0 Å². The molecule has 24 heavy (non-hydrogen) atoms. The summed E-state index contributed by atoms with van der Waals surface area (Å²) in [7, 11) is 0. The van der Waals surface area contributed by atoms with Crippen molar-refractivity contribution in [3.05, 3.63) is 64.7 Å². The summed E-state index contributed by atoms with van der Waals surface area (Å²) in [6.07, 6.45) is 5.16. The Labute approximate surface area is 144 Å². The predicted octanol–water partition coefficient (Wildman–Crippen LogP) is 5.82. The number of hydrogen-bond acceptors (Lipinski definition) is 2. The molecule has 1 saturated carbocycles. The molecule has 2 aromatic rings.